The van der Waals surface area contributed by atoms with E-state index in [0.29, 0.717) is 6.61 Å². The molecule has 1 heterocycles. The zero-order valence-electron chi connectivity index (χ0n) is 12.3. The predicted octanol–water partition coefficient (Wildman–Crippen LogP) is 2.77. The molecule has 0 spiro atoms. The number of nitrogens with one attached hydrogen (secondary N) is 1. The summed E-state index contributed by atoms with van der Waals surface area (Å²) in [5.74, 6) is 0.972. The smallest absolute Gasteiger partial charge is 0.123 e. The third-order valence-corrected chi connectivity index (χ3v) is 3.12. The van der Waals surface area contributed by atoms with Gasteiger partial charge in [-0.3, -0.25) is 0 Å². The Balaban J connectivity index is 1.91. The third kappa shape index (κ3) is 4.38. The largest absolute Gasteiger partial charge is 0.491 e. The molecule has 2 aromatic rings. The van der Waals surface area contributed by atoms with Gasteiger partial charge in [-0.2, -0.15) is 0 Å². The van der Waals surface area contributed by atoms with E-state index < -0.39 is 0 Å². The molecule has 0 aliphatic carbocycles. The van der Waals surface area contributed by atoms with Gasteiger partial charge in [-0.1, -0.05) is 24.6 Å². The van der Waals surface area contributed by atoms with Crippen LogP contribution in [0, 0.1) is 6.92 Å². The highest BCUT2D eigenvalue weighted by Gasteiger charge is 2.04. The standard InChI is InChI=1S/C16H23N3O/c1-3-6-17-12-15-11-14(2)4-5-16(15)20-10-9-19-8-7-18-13-19/h4-5,7-8,11,13,17H,3,6,9-10,12H2,1-2H3. The van der Waals surface area contributed by atoms with Crippen LogP contribution in [0.4, 0.5) is 0 Å². The van der Waals surface area contributed by atoms with E-state index in [1.54, 1.807) is 6.20 Å². The van der Waals surface area contributed by atoms with E-state index in [2.05, 4.69) is 42.3 Å². The van der Waals surface area contributed by atoms with Crippen LogP contribution < -0.4 is 10.1 Å². The number of ether oxygens (including phenoxy) is 1. The van der Waals surface area contributed by atoms with Crippen LogP contribution in [0.3, 0.4) is 0 Å². The average molecular weight is 273 g/mol. The van der Waals surface area contributed by atoms with Crippen LogP contribution >= 0.6 is 0 Å². The second-order valence-corrected chi connectivity index (χ2v) is 4.94. The molecule has 0 bridgehead atoms. The van der Waals surface area contributed by atoms with Gasteiger partial charge < -0.3 is 14.6 Å². The summed E-state index contributed by atoms with van der Waals surface area (Å²) >= 11 is 0. The molecule has 0 aliphatic heterocycles. The van der Waals surface area contributed by atoms with E-state index in [4.69, 9.17) is 4.74 Å². The first kappa shape index (κ1) is 14.6. The maximum atomic E-state index is 5.91. The lowest BCUT2D eigenvalue weighted by molar-refractivity contribution is 0.294. The van der Waals surface area contributed by atoms with Crippen LogP contribution in [0.15, 0.2) is 36.9 Å². The number of hydrogen-bond donors (Lipinski definition) is 1. The van der Waals surface area contributed by atoms with Crippen molar-refractivity contribution in [3.05, 3.63) is 48.0 Å². The highest BCUT2D eigenvalue weighted by Crippen LogP contribution is 2.20. The van der Waals surface area contributed by atoms with Gasteiger partial charge in [0.2, 0.25) is 0 Å². The third-order valence-electron chi connectivity index (χ3n) is 3.12. The first-order valence-electron chi connectivity index (χ1n) is 7.18. The normalized spacial score (nSPS) is 10.7. The lowest BCUT2D eigenvalue weighted by Gasteiger charge is -2.13. The molecule has 0 atom stereocenters. The lowest BCUT2D eigenvalue weighted by atomic mass is 10.1. The molecule has 0 radical (unpaired) electrons. The van der Waals surface area contributed by atoms with Crippen molar-refractivity contribution in [1.29, 1.82) is 0 Å². The van der Waals surface area contributed by atoms with Gasteiger partial charge in [0.15, 0.2) is 0 Å². The number of rotatable bonds is 8. The van der Waals surface area contributed by atoms with E-state index in [9.17, 15) is 0 Å². The molecule has 0 amide bonds. The summed E-state index contributed by atoms with van der Waals surface area (Å²) in [5, 5.41) is 3.43. The highest BCUT2D eigenvalue weighted by molar-refractivity contribution is 5.36. The monoisotopic (exact) mass is 273 g/mol. The second-order valence-electron chi connectivity index (χ2n) is 4.94. The number of aryl methyl sites for hydroxylation is 1. The quantitative estimate of drug-likeness (QED) is 0.752. The number of benzene rings is 1. The first-order chi connectivity index (χ1) is 9.79. The SMILES string of the molecule is CCCNCc1cc(C)ccc1OCCn1ccnc1. The Kier molecular flexibility index (Phi) is 5.62. The summed E-state index contributed by atoms with van der Waals surface area (Å²) in [7, 11) is 0. The van der Waals surface area contributed by atoms with Crippen LogP contribution in [-0.4, -0.2) is 22.7 Å². The Morgan fingerprint density at radius 1 is 1.35 bits per heavy atom. The van der Waals surface area contributed by atoms with Crippen LogP contribution in [0.1, 0.15) is 24.5 Å². The highest BCUT2D eigenvalue weighted by atomic mass is 16.5. The first-order valence-corrected chi connectivity index (χ1v) is 7.18. The number of imidazole rings is 1. The van der Waals surface area contributed by atoms with E-state index in [1.807, 2.05) is 17.1 Å². The number of hydrogen-bond acceptors (Lipinski definition) is 3. The molecule has 0 aliphatic rings. The summed E-state index contributed by atoms with van der Waals surface area (Å²) in [6, 6.07) is 6.34. The van der Waals surface area contributed by atoms with E-state index in [-0.39, 0.29) is 0 Å². The summed E-state index contributed by atoms with van der Waals surface area (Å²) in [6.45, 7) is 7.64. The molecule has 2 rings (SSSR count). The molecule has 4 nitrogen and oxygen atoms in total. The minimum Gasteiger partial charge on any atom is -0.491 e. The number of nitrogens with zero attached hydrogens (tertiary/aromatic N) is 2. The van der Waals surface area contributed by atoms with Gasteiger partial charge in [-0.25, -0.2) is 4.98 Å². The van der Waals surface area contributed by atoms with Crippen LogP contribution in [0.25, 0.3) is 0 Å². The van der Waals surface area contributed by atoms with E-state index in [0.717, 1.165) is 31.8 Å². The molecule has 108 valence electrons. The predicted molar refractivity (Wildman–Crippen MR) is 80.9 cm³/mol. The maximum Gasteiger partial charge on any atom is 0.123 e. The number of aromatic nitrogens is 2. The van der Waals surface area contributed by atoms with Gasteiger partial charge in [0.25, 0.3) is 0 Å². The second kappa shape index (κ2) is 7.70. The zero-order chi connectivity index (χ0) is 14.2. The fourth-order valence-electron chi connectivity index (χ4n) is 2.07. The van der Waals surface area contributed by atoms with Crippen molar-refractivity contribution in [3.63, 3.8) is 0 Å². The lowest BCUT2D eigenvalue weighted by Crippen LogP contribution is -2.15. The van der Waals surface area contributed by atoms with Crippen molar-refractivity contribution in [2.75, 3.05) is 13.2 Å². The molecule has 1 aromatic heterocycles. The molecule has 20 heavy (non-hydrogen) atoms. The molecular weight excluding hydrogens is 250 g/mol. The molecule has 1 N–H and O–H groups in total. The molecule has 4 heteroatoms. The van der Waals surface area contributed by atoms with Gasteiger partial charge in [0.1, 0.15) is 12.4 Å². The minimum atomic E-state index is 0.653. The average Bonchev–Trinajstić information content (AvgIpc) is 2.95. The van der Waals surface area contributed by atoms with E-state index >= 15 is 0 Å². The van der Waals surface area contributed by atoms with Gasteiger partial charge in [-0.15, -0.1) is 0 Å². The maximum absolute atomic E-state index is 5.91. The molecular formula is C16H23N3O. The Morgan fingerprint density at radius 2 is 2.25 bits per heavy atom. The Labute approximate surface area is 120 Å². The van der Waals surface area contributed by atoms with Crippen molar-refractivity contribution in [3.8, 4) is 5.75 Å². The van der Waals surface area contributed by atoms with Gasteiger partial charge >= 0.3 is 0 Å². The Bertz CT molecular complexity index is 508. The van der Waals surface area contributed by atoms with Crippen LogP contribution in [0.5, 0.6) is 5.75 Å². The van der Waals surface area contributed by atoms with E-state index in [1.165, 1.54) is 11.1 Å². The Morgan fingerprint density at radius 3 is 3.00 bits per heavy atom. The van der Waals surface area contributed by atoms with Crippen LogP contribution in [0.2, 0.25) is 0 Å². The van der Waals surface area contributed by atoms with Gasteiger partial charge in [0.05, 0.1) is 12.9 Å². The van der Waals surface area contributed by atoms with Gasteiger partial charge in [-0.05, 0) is 26.0 Å². The molecule has 0 unspecified atom stereocenters. The van der Waals surface area contributed by atoms with Crippen molar-refractivity contribution in [2.24, 2.45) is 0 Å². The molecule has 0 fully saturated rings. The molecule has 0 saturated carbocycles. The zero-order valence-corrected chi connectivity index (χ0v) is 12.3. The topological polar surface area (TPSA) is 39.1 Å². The summed E-state index contributed by atoms with van der Waals surface area (Å²) in [5.41, 5.74) is 2.49. The molecule has 1 aromatic carbocycles. The summed E-state index contributed by atoms with van der Waals surface area (Å²) in [6.07, 6.45) is 6.68. The summed E-state index contributed by atoms with van der Waals surface area (Å²) in [4.78, 5) is 4.02. The fraction of sp³-hybridized carbons (Fsp3) is 0.438. The van der Waals surface area contributed by atoms with Crippen molar-refractivity contribution >= 4 is 0 Å². The molecule has 0 saturated heterocycles. The summed E-state index contributed by atoms with van der Waals surface area (Å²) < 4.78 is 7.92. The van der Waals surface area contributed by atoms with Crippen LogP contribution in [-0.2, 0) is 13.1 Å². The van der Waals surface area contributed by atoms with Crippen molar-refractivity contribution in [1.82, 2.24) is 14.9 Å². The Hall–Kier alpha value is -1.81. The van der Waals surface area contributed by atoms with Gasteiger partial charge in [0, 0.05) is 24.5 Å². The fourth-order valence-corrected chi connectivity index (χ4v) is 2.07. The van der Waals surface area contributed by atoms with Crippen molar-refractivity contribution < 1.29 is 4.74 Å². The van der Waals surface area contributed by atoms with Crippen molar-refractivity contribution in [2.45, 2.75) is 33.4 Å². The minimum absolute atomic E-state index is 0.653.